The average Bonchev–Trinajstić information content (AvgIpc) is 2.71. The van der Waals surface area contributed by atoms with E-state index < -0.39 is 23.2 Å². The SMILES string of the molecule is CCOc1ccc(-n2c(O)c(C=NC(=O)Nc3ccc(Cl)cc3)c(=O)[nH]c2=O)cc1. The van der Waals surface area contributed by atoms with Crippen LogP contribution in [0.15, 0.2) is 63.1 Å². The second kappa shape index (κ2) is 9.10. The lowest BCUT2D eigenvalue weighted by molar-refractivity contribution is 0.259. The van der Waals surface area contributed by atoms with Crippen LogP contribution in [-0.2, 0) is 0 Å². The van der Waals surface area contributed by atoms with E-state index in [-0.39, 0.29) is 11.3 Å². The molecule has 0 unspecified atom stereocenters. The van der Waals surface area contributed by atoms with Crippen LogP contribution in [0, 0.1) is 0 Å². The highest BCUT2D eigenvalue weighted by Gasteiger charge is 2.15. The van der Waals surface area contributed by atoms with Crippen molar-refractivity contribution in [1.82, 2.24) is 9.55 Å². The van der Waals surface area contributed by atoms with Crippen molar-refractivity contribution in [3.63, 3.8) is 0 Å². The fourth-order valence-corrected chi connectivity index (χ4v) is 2.69. The van der Waals surface area contributed by atoms with Gasteiger partial charge in [0.1, 0.15) is 11.3 Å². The van der Waals surface area contributed by atoms with E-state index >= 15 is 0 Å². The summed E-state index contributed by atoms with van der Waals surface area (Å²) in [5.74, 6) is -0.0742. The number of anilines is 1. The molecule has 30 heavy (non-hydrogen) atoms. The van der Waals surface area contributed by atoms with Crippen molar-refractivity contribution >= 4 is 29.5 Å². The molecular weight excluding hydrogens is 412 g/mol. The monoisotopic (exact) mass is 428 g/mol. The minimum Gasteiger partial charge on any atom is -0.494 e. The molecule has 0 fully saturated rings. The Bertz CT molecular complexity index is 1200. The molecule has 0 aliphatic rings. The van der Waals surface area contributed by atoms with Crippen LogP contribution in [0.4, 0.5) is 10.5 Å². The zero-order valence-corrected chi connectivity index (χ0v) is 16.5. The number of nitrogens with zero attached hydrogens (tertiary/aromatic N) is 2. The highest BCUT2D eigenvalue weighted by atomic mass is 35.5. The van der Waals surface area contributed by atoms with E-state index in [0.717, 1.165) is 10.8 Å². The third-order valence-electron chi connectivity index (χ3n) is 3.93. The third kappa shape index (κ3) is 4.76. The lowest BCUT2D eigenvalue weighted by atomic mass is 10.2. The Labute approximate surface area is 175 Å². The highest BCUT2D eigenvalue weighted by Crippen LogP contribution is 2.19. The Morgan fingerprint density at radius 1 is 1.20 bits per heavy atom. The Balaban J connectivity index is 1.89. The summed E-state index contributed by atoms with van der Waals surface area (Å²) < 4.78 is 6.22. The van der Waals surface area contributed by atoms with E-state index in [0.29, 0.717) is 23.1 Å². The van der Waals surface area contributed by atoms with Crippen molar-refractivity contribution in [2.24, 2.45) is 4.99 Å². The van der Waals surface area contributed by atoms with Crippen LogP contribution >= 0.6 is 11.6 Å². The van der Waals surface area contributed by atoms with Crippen LogP contribution in [-0.4, -0.2) is 33.5 Å². The molecule has 2 aromatic carbocycles. The number of amides is 2. The van der Waals surface area contributed by atoms with Gasteiger partial charge in [0.15, 0.2) is 0 Å². The summed E-state index contributed by atoms with van der Waals surface area (Å²) in [7, 11) is 0. The number of hydrogen-bond donors (Lipinski definition) is 3. The second-order valence-electron chi connectivity index (χ2n) is 5.95. The van der Waals surface area contributed by atoms with Crippen LogP contribution in [0.3, 0.4) is 0 Å². The predicted octanol–water partition coefficient (Wildman–Crippen LogP) is 2.93. The normalized spacial score (nSPS) is 10.9. The van der Waals surface area contributed by atoms with Gasteiger partial charge in [-0.25, -0.2) is 19.1 Å². The first-order valence-corrected chi connectivity index (χ1v) is 9.19. The minimum absolute atomic E-state index is 0.289. The summed E-state index contributed by atoms with van der Waals surface area (Å²) >= 11 is 5.78. The van der Waals surface area contributed by atoms with Gasteiger partial charge in [0.05, 0.1) is 18.5 Å². The van der Waals surface area contributed by atoms with Gasteiger partial charge < -0.3 is 15.2 Å². The first kappa shape index (κ1) is 20.9. The van der Waals surface area contributed by atoms with Gasteiger partial charge >= 0.3 is 11.7 Å². The molecule has 3 N–H and O–H groups in total. The molecule has 0 atom stereocenters. The van der Waals surface area contributed by atoms with Crippen LogP contribution in [0.1, 0.15) is 12.5 Å². The van der Waals surface area contributed by atoms with E-state index in [1.807, 2.05) is 6.92 Å². The summed E-state index contributed by atoms with van der Waals surface area (Å²) in [6.07, 6.45) is 0.879. The lowest BCUT2D eigenvalue weighted by Gasteiger charge is -2.10. The van der Waals surface area contributed by atoms with E-state index in [9.17, 15) is 19.5 Å². The fourth-order valence-electron chi connectivity index (χ4n) is 2.56. The van der Waals surface area contributed by atoms with Gasteiger partial charge in [0.25, 0.3) is 5.56 Å². The molecule has 0 aliphatic heterocycles. The quantitative estimate of drug-likeness (QED) is 0.538. The Hall–Kier alpha value is -3.85. The smallest absolute Gasteiger partial charge is 0.345 e. The molecule has 3 rings (SSSR count). The maximum atomic E-state index is 12.2. The number of aromatic amines is 1. The Kier molecular flexibility index (Phi) is 6.33. The molecule has 9 nitrogen and oxygen atoms in total. The Morgan fingerprint density at radius 3 is 2.50 bits per heavy atom. The summed E-state index contributed by atoms with van der Waals surface area (Å²) in [5, 5.41) is 13.5. The number of carbonyl (C=O) groups excluding carboxylic acids is 1. The number of rotatable bonds is 5. The number of urea groups is 1. The summed E-state index contributed by atoms with van der Waals surface area (Å²) in [5.41, 5.74) is -1.35. The largest absolute Gasteiger partial charge is 0.494 e. The van der Waals surface area contributed by atoms with Gasteiger partial charge in [0.2, 0.25) is 5.88 Å². The number of nitrogens with one attached hydrogen (secondary N) is 2. The van der Waals surface area contributed by atoms with Crippen molar-refractivity contribution in [2.75, 3.05) is 11.9 Å². The number of aliphatic imine (C=N–C) groups is 1. The number of H-pyrrole nitrogens is 1. The number of benzene rings is 2. The lowest BCUT2D eigenvalue weighted by Crippen LogP contribution is -2.31. The molecule has 0 radical (unpaired) electrons. The summed E-state index contributed by atoms with van der Waals surface area (Å²) in [6.45, 7) is 2.31. The summed E-state index contributed by atoms with van der Waals surface area (Å²) in [4.78, 5) is 42.0. The van der Waals surface area contributed by atoms with Gasteiger partial charge in [-0.1, -0.05) is 11.6 Å². The molecule has 154 valence electrons. The number of aromatic nitrogens is 2. The molecule has 0 saturated heterocycles. The molecule has 0 aliphatic carbocycles. The van der Waals surface area contributed by atoms with Crippen molar-refractivity contribution < 1.29 is 14.6 Å². The van der Waals surface area contributed by atoms with Gasteiger partial charge in [-0.05, 0) is 55.5 Å². The molecule has 1 heterocycles. The van der Waals surface area contributed by atoms with Gasteiger partial charge in [0, 0.05) is 10.7 Å². The number of aromatic hydroxyl groups is 1. The van der Waals surface area contributed by atoms with E-state index in [2.05, 4.69) is 15.3 Å². The van der Waals surface area contributed by atoms with Gasteiger partial charge in [-0.3, -0.25) is 9.78 Å². The third-order valence-corrected chi connectivity index (χ3v) is 4.19. The second-order valence-corrected chi connectivity index (χ2v) is 6.39. The van der Waals surface area contributed by atoms with Crippen molar-refractivity contribution in [1.29, 1.82) is 0 Å². The number of hydrogen-bond acceptors (Lipinski definition) is 5. The molecule has 0 bridgehead atoms. The fraction of sp³-hybridized carbons (Fsp3) is 0.100. The average molecular weight is 429 g/mol. The molecule has 2 amide bonds. The first-order chi connectivity index (χ1) is 14.4. The molecule has 3 aromatic rings. The van der Waals surface area contributed by atoms with Crippen molar-refractivity contribution in [3.8, 4) is 17.3 Å². The number of ether oxygens (including phenoxy) is 1. The molecule has 0 saturated carbocycles. The number of halogens is 1. The number of carbonyl (C=O) groups is 1. The molecular formula is C20H17ClN4O5. The van der Waals surface area contributed by atoms with E-state index in [1.54, 1.807) is 48.5 Å². The van der Waals surface area contributed by atoms with E-state index in [4.69, 9.17) is 16.3 Å². The molecule has 10 heteroatoms. The summed E-state index contributed by atoms with van der Waals surface area (Å²) in [6, 6.07) is 11.9. The van der Waals surface area contributed by atoms with Gasteiger partial charge in [-0.15, -0.1) is 0 Å². The van der Waals surface area contributed by atoms with Crippen molar-refractivity contribution in [2.45, 2.75) is 6.92 Å². The van der Waals surface area contributed by atoms with Crippen LogP contribution in [0.25, 0.3) is 5.69 Å². The van der Waals surface area contributed by atoms with Crippen LogP contribution in [0.5, 0.6) is 11.6 Å². The zero-order valence-electron chi connectivity index (χ0n) is 15.8. The van der Waals surface area contributed by atoms with Crippen LogP contribution in [0.2, 0.25) is 5.02 Å². The standard InChI is InChI=1S/C20H17ClN4O5/c1-2-30-15-9-7-14(8-10-15)25-18(27)16(17(26)24-20(25)29)11-22-19(28)23-13-5-3-12(21)4-6-13/h3-11,27H,2H2,1H3,(H,23,28)(H,24,26,29). The zero-order chi connectivity index (χ0) is 21.7. The maximum absolute atomic E-state index is 12.2. The minimum atomic E-state index is -0.886. The molecule has 1 aromatic heterocycles. The van der Waals surface area contributed by atoms with Crippen molar-refractivity contribution in [3.05, 3.63) is 80.0 Å². The van der Waals surface area contributed by atoms with Gasteiger partial charge in [-0.2, -0.15) is 0 Å². The predicted molar refractivity (Wildman–Crippen MR) is 114 cm³/mol. The highest BCUT2D eigenvalue weighted by molar-refractivity contribution is 6.30. The van der Waals surface area contributed by atoms with E-state index in [1.165, 1.54) is 0 Å². The Morgan fingerprint density at radius 2 is 1.87 bits per heavy atom. The maximum Gasteiger partial charge on any atom is 0.345 e. The topological polar surface area (TPSA) is 126 Å². The van der Waals surface area contributed by atoms with Crippen LogP contribution < -0.4 is 21.3 Å². The first-order valence-electron chi connectivity index (χ1n) is 8.81. The molecule has 0 spiro atoms.